The Hall–Kier alpha value is -4.24. The molecule has 0 aliphatic heterocycles. The van der Waals surface area contributed by atoms with Gasteiger partial charge in [-0.25, -0.2) is 4.98 Å². The van der Waals surface area contributed by atoms with Gasteiger partial charge in [0, 0.05) is 54.0 Å². The smallest absolute Gasteiger partial charge is 0.161 e. The summed E-state index contributed by atoms with van der Waals surface area (Å²) in [6.45, 7) is 0. The highest BCUT2D eigenvalue weighted by molar-refractivity contribution is 5.92. The number of fused-ring (bicyclic) bond motifs is 1. The Morgan fingerprint density at radius 3 is 2.38 bits per heavy atom. The number of pyridine rings is 2. The quantitative estimate of drug-likeness (QED) is 0.450. The Bertz CT molecular complexity index is 1360. The van der Waals surface area contributed by atoms with Crippen LogP contribution in [0, 0.1) is 11.3 Å². The number of aryl methyl sites for hydroxylation is 1. The van der Waals surface area contributed by atoms with Crippen molar-refractivity contribution in [1.82, 2.24) is 19.7 Å². The van der Waals surface area contributed by atoms with Crippen LogP contribution in [0.15, 0.2) is 77.7 Å². The number of benzene rings is 1. The molecule has 0 aliphatic carbocycles. The second-order valence-electron chi connectivity index (χ2n) is 6.71. The van der Waals surface area contributed by atoms with Crippen molar-refractivity contribution in [2.24, 2.45) is 7.05 Å². The fourth-order valence-corrected chi connectivity index (χ4v) is 3.32. The molecule has 0 radical (unpaired) electrons. The highest BCUT2D eigenvalue weighted by atomic mass is 16.3. The molecule has 0 bridgehead atoms. The molecule has 0 unspecified atom stereocenters. The molecule has 0 aliphatic rings. The van der Waals surface area contributed by atoms with Crippen LogP contribution in [-0.4, -0.2) is 19.7 Å². The van der Waals surface area contributed by atoms with Gasteiger partial charge in [-0.15, -0.1) is 0 Å². The first-order chi connectivity index (χ1) is 14.2. The first-order valence-corrected chi connectivity index (χ1v) is 9.06. The van der Waals surface area contributed by atoms with Crippen LogP contribution >= 0.6 is 0 Å². The summed E-state index contributed by atoms with van der Waals surface area (Å²) in [5.41, 5.74) is 6.77. The standard InChI is InChI=1S/C23H15N5O/c1-28-14-18(13-27-28)15-2-4-16(5-3-15)22-10-21-23(29-22)20(8-9-25-21)17-6-7-19(11-24)26-12-17/h2-10,12-14H,1H3. The second-order valence-corrected chi connectivity index (χ2v) is 6.71. The molecule has 4 aromatic heterocycles. The second kappa shape index (κ2) is 6.73. The van der Waals surface area contributed by atoms with Gasteiger partial charge in [0.1, 0.15) is 23.0 Å². The molecule has 0 atom stereocenters. The lowest BCUT2D eigenvalue weighted by atomic mass is 10.1. The highest BCUT2D eigenvalue weighted by Gasteiger charge is 2.13. The van der Waals surface area contributed by atoms with Crippen LogP contribution in [0.2, 0.25) is 0 Å². The SMILES string of the molecule is Cn1cc(-c2ccc(-c3cc4nccc(-c5ccc(C#N)nc5)c4o3)cc2)cn1. The maximum Gasteiger partial charge on any atom is 0.161 e. The van der Waals surface area contributed by atoms with Gasteiger partial charge in [0.25, 0.3) is 0 Å². The predicted molar refractivity (Wildman–Crippen MR) is 110 cm³/mol. The van der Waals surface area contributed by atoms with Crippen molar-refractivity contribution >= 4 is 11.1 Å². The molecule has 0 fully saturated rings. The summed E-state index contributed by atoms with van der Waals surface area (Å²) in [4.78, 5) is 8.59. The molecule has 5 rings (SSSR count). The third kappa shape index (κ3) is 3.05. The van der Waals surface area contributed by atoms with Crippen molar-refractivity contribution in [2.75, 3.05) is 0 Å². The van der Waals surface area contributed by atoms with Gasteiger partial charge in [-0.3, -0.25) is 9.67 Å². The normalized spacial score (nSPS) is 10.9. The number of rotatable bonds is 3. The van der Waals surface area contributed by atoms with Crippen LogP contribution in [0.3, 0.4) is 0 Å². The first kappa shape index (κ1) is 16.9. The Kier molecular flexibility index (Phi) is 3.92. The van der Waals surface area contributed by atoms with Crippen molar-refractivity contribution in [1.29, 1.82) is 5.26 Å². The molecule has 5 aromatic rings. The summed E-state index contributed by atoms with van der Waals surface area (Å²) in [7, 11) is 1.90. The van der Waals surface area contributed by atoms with Crippen molar-refractivity contribution in [3.8, 4) is 39.6 Å². The van der Waals surface area contributed by atoms with E-state index in [0.29, 0.717) is 11.3 Å². The van der Waals surface area contributed by atoms with Crippen LogP contribution in [0.25, 0.3) is 44.7 Å². The zero-order valence-electron chi connectivity index (χ0n) is 15.6. The third-order valence-electron chi connectivity index (χ3n) is 4.81. The lowest BCUT2D eigenvalue weighted by molar-refractivity contribution is 0.632. The molecule has 138 valence electrons. The van der Waals surface area contributed by atoms with Gasteiger partial charge < -0.3 is 4.42 Å². The molecule has 0 amide bonds. The molecular weight excluding hydrogens is 362 g/mol. The summed E-state index contributed by atoms with van der Waals surface area (Å²) >= 11 is 0. The van der Waals surface area contributed by atoms with Crippen molar-refractivity contribution in [3.63, 3.8) is 0 Å². The van der Waals surface area contributed by atoms with Gasteiger partial charge in [0.05, 0.1) is 6.20 Å². The maximum atomic E-state index is 8.95. The number of furan rings is 1. The van der Waals surface area contributed by atoms with E-state index in [-0.39, 0.29) is 0 Å². The molecule has 6 nitrogen and oxygen atoms in total. The Balaban J connectivity index is 1.54. The van der Waals surface area contributed by atoms with E-state index in [9.17, 15) is 0 Å². The van der Waals surface area contributed by atoms with E-state index in [4.69, 9.17) is 9.68 Å². The topological polar surface area (TPSA) is 80.5 Å². The monoisotopic (exact) mass is 377 g/mol. The van der Waals surface area contributed by atoms with Gasteiger partial charge in [-0.05, 0) is 23.8 Å². The summed E-state index contributed by atoms with van der Waals surface area (Å²) < 4.78 is 7.96. The summed E-state index contributed by atoms with van der Waals surface area (Å²) in [5, 5.41) is 13.2. The molecule has 29 heavy (non-hydrogen) atoms. The van der Waals surface area contributed by atoms with E-state index in [1.54, 1.807) is 23.1 Å². The number of nitriles is 1. The minimum atomic E-state index is 0.382. The zero-order valence-corrected chi connectivity index (χ0v) is 15.6. The van der Waals surface area contributed by atoms with Crippen LogP contribution < -0.4 is 0 Å². The molecule has 0 spiro atoms. The van der Waals surface area contributed by atoms with Crippen LogP contribution in [0.4, 0.5) is 0 Å². The first-order valence-electron chi connectivity index (χ1n) is 9.06. The minimum Gasteiger partial charge on any atom is -0.454 e. The Morgan fingerprint density at radius 2 is 1.69 bits per heavy atom. The number of hydrogen-bond acceptors (Lipinski definition) is 5. The molecule has 0 saturated carbocycles. The maximum absolute atomic E-state index is 8.95. The largest absolute Gasteiger partial charge is 0.454 e. The minimum absolute atomic E-state index is 0.382. The Labute approximate surface area is 166 Å². The van der Waals surface area contributed by atoms with Gasteiger partial charge >= 0.3 is 0 Å². The van der Waals surface area contributed by atoms with Crippen molar-refractivity contribution < 1.29 is 4.42 Å². The zero-order chi connectivity index (χ0) is 19.8. The van der Waals surface area contributed by atoms with Crippen LogP contribution in [0.1, 0.15) is 5.69 Å². The van der Waals surface area contributed by atoms with Gasteiger partial charge in [0.15, 0.2) is 5.58 Å². The van der Waals surface area contributed by atoms with Gasteiger partial charge in [0.2, 0.25) is 0 Å². The molecule has 0 saturated heterocycles. The lowest BCUT2D eigenvalue weighted by Gasteiger charge is -2.02. The van der Waals surface area contributed by atoms with Gasteiger partial charge in [-0.1, -0.05) is 24.3 Å². The number of nitrogens with zero attached hydrogens (tertiary/aromatic N) is 5. The molecule has 1 aromatic carbocycles. The number of hydrogen-bond donors (Lipinski definition) is 0. The average molecular weight is 377 g/mol. The molecule has 0 N–H and O–H groups in total. The highest BCUT2D eigenvalue weighted by Crippen LogP contribution is 2.34. The van der Waals surface area contributed by atoms with Crippen LogP contribution in [-0.2, 0) is 7.05 Å². The van der Waals surface area contributed by atoms with E-state index in [1.165, 1.54) is 0 Å². The van der Waals surface area contributed by atoms with Crippen molar-refractivity contribution in [3.05, 3.63) is 79.0 Å². The van der Waals surface area contributed by atoms with Crippen LogP contribution in [0.5, 0.6) is 0 Å². The van der Waals surface area contributed by atoms with Crippen molar-refractivity contribution in [2.45, 2.75) is 0 Å². The Morgan fingerprint density at radius 1 is 0.897 bits per heavy atom. The molecule has 4 heterocycles. The van der Waals surface area contributed by atoms with Gasteiger partial charge in [-0.2, -0.15) is 10.4 Å². The summed E-state index contributed by atoms with van der Waals surface area (Å²) in [6.07, 6.45) is 7.26. The molecular formula is C23H15N5O. The summed E-state index contributed by atoms with van der Waals surface area (Å²) in [5.74, 6) is 0.749. The fourth-order valence-electron chi connectivity index (χ4n) is 3.32. The predicted octanol–water partition coefficient (Wildman–Crippen LogP) is 4.83. The van der Waals surface area contributed by atoms with E-state index >= 15 is 0 Å². The molecule has 6 heteroatoms. The summed E-state index contributed by atoms with van der Waals surface area (Å²) in [6, 6.07) is 17.6. The van der Waals surface area contributed by atoms with E-state index in [0.717, 1.165) is 39.1 Å². The fraction of sp³-hybridized carbons (Fsp3) is 0.0435. The number of aromatic nitrogens is 4. The van der Waals surface area contributed by atoms with E-state index in [1.807, 2.05) is 55.8 Å². The average Bonchev–Trinajstić information content (AvgIpc) is 3.40. The van der Waals surface area contributed by atoms with E-state index < -0.39 is 0 Å². The lowest BCUT2D eigenvalue weighted by Crippen LogP contribution is -1.85. The third-order valence-corrected chi connectivity index (χ3v) is 4.81. The van der Waals surface area contributed by atoms with E-state index in [2.05, 4.69) is 27.2 Å².